The van der Waals surface area contributed by atoms with Gasteiger partial charge < -0.3 is 14.9 Å². The topological polar surface area (TPSA) is 84.6 Å². The quantitative estimate of drug-likeness (QED) is 0.775. The fourth-order valence-electron chi connectivity index (χ4n) is 2.56. The number of ether oxygens (including phenoxy) is 1. The largest absolute Gasteiger partial charge is 0.390 e. The van der Waals surface area contributed by atoms with Crippen LogP contribution in [0.25, 0.3) is 0 Å². The summed E-state index contributed by atoms with van der Waals surface area (Å²) in [6, 6.07) is 1.53. The standard InChI is InChI=1S/C11H13FN2O4S/c12-11(6-15)7(16)10(2-5-19-10)8(18-11)14-4-1-3-13-9(14)17/h1,3-4,7-8,15-16H,2,5-6H2/t7-,8+,10+,11+/m0/s1. The first-order chi connectivity index (χ1) is 9.03. The van der Waals surface area contributed by atoms with Gasteiger partial charge in [0.25, 0.3) is 5.85 Å². The lowest BCUT2D eigenvalue weighted by Gasteiger charge is -2.43. The Balaban J connectivity index is 2.06. The number of aliphatic hydroxyl groups excluding tert-OH is 2. The lowest BCUT2D eigenvalue weighted by atomic mass is 9.93. The molecular formula is C11H13FN2O4S. The van der Waals surface area contributed by atoms with Gasteiger partial charge >= 0.3 is 5.69 Å². The Hall–Kier alpha value is -0.960. The summed E-state index contributed by atoms with van der Waals surface area (Å²) in [6.45, 7) is -0.956. The van der Waals surface area contributed by atoms with E-state index in [1.807, 2.05) is 0 Å². The second-order valence-electron chi connectivity index (χ2n) is 4.68. The van der Waals surface area contributed by atoms with Crippen LogP contribution in [0.3, 0.4) is 0 Å². The summed E-state index contributed by atoms with van der Waals surface area (Å²) in [4.78, 5) is 15.3. The first-order valence-electron chi connectivity index (χ1n) is 5.86. The molecule has 0 unspecified atom stereocenters. The molecule has 3 heterocycles. The number of halogens is 1. The predicted octanol–water partition coefficient (Wildman–Crippen LogP) is -0.333. The Kier molecular flexibility index (Phi) is 2.93. The maximum Gasteiger partial charge on any atom is 0.349 e. The molecule has 3 rings (SSSR count). The molecule has 2 aliphatic rings. The first kappa shape index (κ1) is 13.0. The summed E-state index contributed by atoms with van der Waals surface area (Å²) in [7, 11) is 0. The van der Waals surface area contributed by atoms with E-state index in [1.54, 1.807) is 0 Å². The van der Waals surface area contributed by atoms with Gasteiger partial charge in [-0.2, -0.15) is 0 Å². The normalized spacial score (nSPS) is 41.4. The number of alkyl halides is 1. The van der Waals surface area contributed by atoms with E-state index in [9.17, 15) is 14.3 Å². The van der Waals surface area contributed by atoms with Crippen LogP contribution in [0.4, 0.5) is 4.39 Å². The smallest absolute Gasteiger partial charge is 0.349 e. The maximum absolute atomic E-state index is 14.3. The van der Waals surface area contributed by atoms with Gasteiger partial charge in [-0.3, -0.25) is 4.57 Å². The molecule has 8 heteroatoms. The Morgan fingerprint density at radius 1 is 1.68 bits per heavy atom. The zero-order valence-corrected chi connectivity index (χ0v) is 10.7. The lowest BCUT2D eigenvalue weighted by molar-refractivity contribution is -0.207. The van der Waals surface area contributed by atoms with Crippen molar-refractivity contribution in [3.63, 3.8) is 0 Å². The maximum atomic E-state index is 14.3. The molecule has 2 fully saturated rings. The molecule has 2 N–H and O–H groups in total. The molecule has 0 aliphatic carbocycles. The highest BCUT2D eigenvalue weighted by Gasteiger charge is 2.68. The monoisotopic (exact) mass is 288 g/mol. The minimum absolute atomic E-state index is 0.510. The van der Waals surface area contributed by atoms with E-state index in [1.165, 1.54) is 30.2 Å². The van der Waals surface area contributed by atoms with Gasteiger partial charge in [-0.1, -0.05) is 0 Å². The number of thioether (sulfide) groups is 1. The third-order valence-electron chi connectivity index (χ3n) is 3.67. The van der Waals surface area contributed by atoms with Gasteiger partial charge in [-0.15, -0.1) is 11.8 Å². The molecular weight excluding hydrogens is 275 g/mol. The average Bonchev–Trinajstić information content (AvgIpc) is 2.60. The summed E-state index contributed by atoms with van der Waals surface area (Å²) in [5.74, 6) is -1.80. The Morgan fingerprint density at radius 3 is 2.95 bits per heavy atom. The fraction of sp³-hybridized carbons (Fsp3) is 0.636. The first-order valence-corrected chi connectivity index (χ1v) is 6.85. The Morgan fingerprint density at radius 2 is 2.42 bits per heavy atom. The van der Waals surface area contributed by atoms with Crippen LogP contribution in [0.15, 0.2) is 23.3 Å². The van der Waals surface area contributed by atoms with Crippen LogP contribution < -0.4 is 5.69 Å². The van der Waals surface area contributed by atoms with Crippen LogP contribution in [-0.4, -0.2) is 48.8 Å². The number of hydrogen-bond acceptors (Lipinski definition) is 6. The number of aromatic nitrogens is 2. The van der Waals surface area contributed by atoms with E-state index < -0.39 is 35.2 Å². The van der Waals surface area contributed by atoms with Crippen LogP contribution in [0.2, 0.25) is 0 Å². The zero-order valence-electron chi connectivity index (χ0n) is 9.90. The average molecular weight is 288 g/mol. The second-order valence-corrected chi connectivity index (χ2v) is 6.14. The van der Waals surface area contributed by atoms with Crippen LogP contribution in [0.1, 0.15) is 12.6 Å². The van der Waals surface area contributed by atoms with E-state index in [2.05, 4.69) is 4.98 Å². The van der Waals surface area contributed by atoms with Crippen molar-refractivity contribution in [2.45, 2.75) is 29.4 Å². The molecule has 0 bridgehead atoms. The van der Waals surface area contributed by atoms with Crippen LogP contribution in [0, 0.1) is 0 Å². The Bertz CT molecular complexity index is 549. The number of nitrogens with zero attached hydrogens (tertiary/aromatic N) is 2. The number of hydrogen-bond donors (Lipinski definition) is 2. The van der Waals surface area contributed by atoms with Crippen LogP contribution in [0.5, 0.6) is 0 Å². The van der Waals surface area contributed by atoms with Gasteiger partial charge in [0, 0.05) is 12.4 Å². The molecule has 2 saturated heterocycles. The molecule has 0 radical (unpaired) electrons. The lowest BCUT2D eigenvalue weighted by Crippen LogP contribution is -2.53. The third-order valence-corrected chi connectivity index (χ3v) is 5.24. The van der Waals surface area contributed by atoms with Crippen molar-refractivity contribution in [3.8, 4) is 0 Å². The molecule has 1 spiro atoms. The van der Waals surface area contributed by atoms with Crippen molar-refractivity contribution < 1.29 is 19.3 Å². The van der Waals surface area contributed by atoms with E-state index in [0.717, 1.165) is 10.3 Å². The number of aliphatic hydroxyl groups is 2. The van der Waals surface area contributed by atoms with E-state index in [-0.39, 0.29) is 0 Å². The van der Waals surface area contributed by atoms with Crippen molar-refractivity contribution in [2.75, 3.05) is 12.4 Å². The molecule has 1 aromatic rings. The second kappa shape index (κ2) is 4.27. The molecule has 1 aromatic heterocycles. The van der Waals surface area contributed by atoms with Gasteiger partial charge in [0.05, 0.1) is 4.75 Å². The minimum Gasteiger partial charge on any atom is -0.390 e. The van der Waals surface area contributed by atoms with Crippen molar-refractivity contribution in [1.29, 1.82) is 0 Å². The highest BCUT2D eigenvalue weighted by molar-refractivity contribution is 8.02. The molecule has 19 heavy (non-hydrogen) atoms. The van der Waals surface area contributed by atoms with Crippen molar-refractivity contribution in [1.82, 2.24) is 9.55 Å². The Labute approximate surface area is 112 Å². The molecule has 2 aliphatic heterocycles. The summed E-state index contributed by atoms with van der Waals surface area (Å²) < 4.78 is 19.7. The molecule has 6 nitrogen and oxygen atoms in total. The fourth-order valence-corrected chi connectivity index (χ4v) is 3.87. The summed E-state index contributed by atoms with van der Waals surface area (Å²) in [5.41, 5.74) is -0.575. The molecule has 0 amide bonds. The molecule has 4 atom stereocenters. The van der Waals surface area contributed by atoms with Gasteiger partial charge in [0.1, 0.15) is 12.7 Å². The van der Waals surface area contributed by atoms with E-state index >= 15 is 0 Å². The zero-order chi connectivity index (χ0) is 13.7. The van der Waals surface area contributed by atoms with Crippen LogP contribution in [-0.2, 0) is 4.74 Å². The highest BCUT2D eigenvalue weighted by atomic mass is 32.2. The number of rotatable bonds is 2. The van der Waals surface area contributed by atoms with Gasteiger partial charge in [-0.05, 0) is 18.2 Å². The summed E-state index contributed by atoms with van der Waals surface area (Å²) in [6.07, 6.45) is 0.826. The van der Waals surface area contributed by atoms with Gasteiger partial charge in [0.2, 0.25) is 0 Å². The third kappa shape index (κ3) is 1.67. The van der Waals surface area contributed by atoms with Gasteiger partial charge in [-0.25, -0.2) is 14.2 Å². The molecule has 0 aromatic carbocycles. The molecule has 0 saturated carbocycles. The van der Waals surface area contributed by atoms with E-state index in [0.29, 0.717) is 6.42 Å². The summed E-state index contributed by atoms with van der Waals surface area (Å²) >= 11 is 1.34. The SMILES string of the molecule is O=c1ncccn1[C@@H]1O[C@](F)(CO)[C@@H](O)[C@]12CCS2. The van der Waals surface area contributed by atoms with Gasteiger partial charge in [0.15, 0.2) is 6.23 Å². The van der Waals surface area contributed by atoms with E-state index in [4.69, 9.17) is 9.84 Å². The highest BCUT2D eigenvalue weighted by Crippen LogP contribution is 2.59. The van der Waals surface area contributed by atoms with Crippen molar-refractivity contribution in [2.24, 2.45) is 0 Å². The molecule has 104 valence electrons. The predicted molar refractivity (Wildman–Crippen MR) is 65.4 cm³/mol. The van der Waals surface area contributed by atoms with Crippen LogP contribution >= 0.6 is 11.8 Å². The summed E-state index contributed by atoms with van der Waals surface area (Å²) in [5, 5.41) is 19.2. The minimum atomic E-state index is -2.55. The van der Waals surface area contributed by atoms with Crippen molar-refractivity contribution in [3.05, 3.63) is 28.9 Å². The van der Waals surface area contributed by atoms with Crippen molar-refractivity contribution >= 4 is 11.8 Å².